The molecule has 0 spiro atoms. The number of amides is 1. The number of aliphatic hydroxyl groups excluding tert-OH is 2. The fourth-order valence-electron chi connectivity index (χ4n) is 3.76. The number of ether oxygens (including phenoxy) is 3. The number of carbonyl (C=O) groups is 2. The van der Waals surface area contributed by atoms with Crippen LogP contribution in [0, 0.1) is 27.7 Å². The molecule has 0 aliphatic rings. The number of hydrogen-bond donors (Lipinski definition) is 4. The van der Waals surface area contributed by atoms with Crippen LogP contribution in [0.2, 0.25) is 0 Å². The quantitative estimate of drug-likeness (QED) is 0.188. The van der Waals surface area contributed by atoms with Crippen LogP contribution in [0.3, 0.4) is 0 Å². The van der Waals surface area contributed by atoms with Gasteiger partial charge in [0, 0.05) is 23.5 Å². The van der Waals surface area contributed by atoms with Crippen molar-refractivity contribution in [3.05, 3.63) is 52.5 Å². The molecule has 0 aliphatic carbocycles. The molecule has 44 heavy (non-hydrogen) atoms. The van der Waals surface area contributed by atoms with Gasteiger partial charge in [-0.2, -0.15) is 15.0 Å². The van der Waals surface area contributed by atoms with Crippen molar-refractivity contribution in [2.45, 2.75) is 33.8 Å². The third-order valence-corrected chi connectivity index (χ3v) is 5.71. The predicted molar refractivity (Wildman–Crippen MR) is 153 cm³/mol. The average molecular weight is 612 g/mol. The molecule has 0 fully saturated rings. The van der Waals surface area contributed by atoms with Crippen LogP contribution in [0.5, 0.6) is 17.8 Å². The number of nitrogens with one attached hydrogen (secondary N) is 1. The number of rotatable bonds is 11. The molecule has 0 aliphatic heterocycles. The Morgan fingerprint density at radius 1 is 0.909 bits per heavy atom. The highest BCUT2D eigenvalue weighted by molar-refractivity contribution is 5.85. The minimum absolute atomic E-state index is 0.0193. The fraction of sp³-hybridized carbons (Fsp3) is 0.357. The fourth-order valence-corrected chi connectivity index (χ4v) is 3.76. The summed E-state index contributed by atoms with van der Waals surface area (Å²) in [4.78, 5) is 41.8. The molecule has 16 heteroatoms. The van der Waals surface area contributed by atoms with Crippen LogP contribution in [0.1, 0.15) is 33.0 Å². The summed E-state index contributed by atoms with van der Waals surface area (Å²) in [6.07, 6.45) is -0.919. The van der Waals surface area contributed by atoms with Crippen molar-refractivity contribution in [3.63, 3.8) is 0 Å². The molecule has 234 valence electrons. The first kappa shape index (κ1) is 33.3. The van der Waals surface area contributed by atoms with Gasteiger partial charge in [-0.15, -0.1) is 0 Å². The molecule has 0 saturated heterocycles. The second kappa shape index (κ2) is 15.3. The van der Waals surface area contributed by atoms with E-state index in [4.69, 9.17) is 28.9 Å². The Morgan fingerprint density at radius 2 is 1.52 bits per heavy atom. The van der Waals surface area contributed by atoms with Crippen molar-refractivity contribution in [3.8, 4) is 40.7 Å². The van der Waals surface area contributed by atoms with Gasteiger partial charge in [0.1, 0.15) is 30.8 Å². The second-order valence-electron chi connectivity index (χ2n) is 9.36. The van der Waals surface area contributed by atoms with Crippen molar-refractivity contribution in [2.24, 2.45) is 0 Å². The van der Waals surface area contributed by atoms with Gasteiger partial charge in [0.15, 0.2) is 5.69 Å². The number of carbonyl (C=O) groups excluding carboxylic acids is 1. The standard InChI is InChI=1S/C21H25N5O6.C7H8N2O3/c1-11-5-14(6-12(2)18(11)31-10-15(28)8-22-17(29)9-27)19-25-20(32-26-19)16-7-13(3)23-21(24-16)30-4;1-4-3-5(6(10)11)9-7(8-4)12-2/h5-7,15,27-28H,8-10H2,1-4H3,(H,22,29);3H,1-2H3,(H,10,11). The Labute approximate surface area is 252 Å². The van der Waals surface area contributed by atoms with Gasteiger partial charge in [0.2, 0.25) is 11.7 Å². The van der Waals surface area contributed by atoms with Gasteiger partial charge < -0.3 is 39.4 Å². The second-order valence-corrected chi connectivity index (χ2v) is 9.36. The smallest absolute Gasteiger partial charge is 0.354 e. The van der Waals surface area contributed by atoms with Gasteiger partial charge in [-0.25, -0.2) is 14.8 Å². The number of carboxylic acid groups (broad SMARTS) is 1. The molecule has 0 bridgehead atoms. The number of methoxy groups -OCH3 is 2. The van der Waals surface area contributed by atoms with Crippen LogP contribution in [0.25, 0.3) is 23.0 Å². The van der Waals surface area contributed by atoms with E-state index < -0.39 is 24.6 Å². The summed E-state index contributed by atoms with van der Waals surface area (Å²) in [6, 6.07) is 7.09. The lowest BCUT2D eigenvalue weighted by Gasteiger charge is -2.16. The molecule has 0 saturated carbocycles. The summed E-state index contributed by atoms with van der Waals surface area (Å²) < 4.78 is 20.9. The van der Waals surface area contributed by atoms with Crippen LogP contribution < -0.4 is 19.5 Å². The van der Waals surface area contributed by atoms with E-state index in [0.717, 1.165) is 16.7 Å². The number of aromatic carboxylic acids is 1. The molecule has 1 aromatic carbocycles. The first-order valence-corrected chi connectivity index (χ1v) is 13.1. The molecule has 0 radical (unpaired) electrons. The van der Waals surface area contributed by atoms with Crippen molar-refractivity contribution in [1.29, 1.82) is 0 Å². The Morgan fingerprint density at radius 3 is 2.11 bits per heavy atom. The first-order valence-electron chi connectivity index (χ1n) is 13.1. The molecule has 1 unspecified atom stereocenters. The Kier molecular flexibility index (Phi) is 11.6. The Balaban J connectivity index is 0.000000369. The van der Waals surface area contributed by atoms with E-state index in [1.165, 1.54) is 20.3 Å². The van der Waals surface area contributed by atoms with Crippen molar-refractivity contribution in [1.82, 2.24) is 35.4 Å². The molecule has 1 amide bonds. The maximum absolute atomic E-state index is 11.1. The highest BCUT2D eigenvalue weighted by atomic mass is 16.5. The zero-order chi connectivity index (χ0) is 32.4. The largest absolute Gasteiger partial charge is 0.490 e. The van der Waals surface area contributed by atoms with Crippen molar-refractivity contribution in [2.75, 3.05) is 34.0 Å². The van der Waals surface area contributed by atoms with Crippen LogP contribution >= 0.6 is 0 Å². The van der Waals surface area contributed by atoms with Gasteiger partial charge in [-0.3, -0.25) is 4.79 Å². The monoisotopic (exact) mass is 611 g/mol. The minimum atomic E-state index is -1.08. The SMILES string of the molecule is COc1nc(C)cc(-c2nc(-c3cc(C)c(OCC(O)CNC(=O)CO)c(C)c3)no2)n1.COc1nc(C)cc(C(=O)O)n1. The summed E-state index contributed by atoms with van der Waals surface area (Å²) in [7, 11) is 2.87. The van der Waals surface area contributed by atoms with Crippen LogP contribution in [0.15, 0.2) is 28.8 Å². The van der Waals surface area contributed by atoms with E-state index in [2.05, 4.69) is 35.4 Å². The zero-order valence-electron chi connectivity index (χ0n) is 25.0. The summed E-state index contributed by atoms with van der Waals surface area (Å²) in [6.45, 7) is 6.55. The molecule has 1 atom stereocenters. The summed E-state index contributed by atoms with van der Waals surface area (Å²) in [5, 5.41) is 33.7. The highest BCUT2D eigenvalue weighted by Gasteiger charge is 2.17. The number of nitrogens with zero attached hydrogens (tertiary/aromatic N) is 6. The zero-order valence-corrected chi connectivity index (χ0v) is 25.0. The number of benzene rings is 1. The van der Waals surface area contributed by atoms with Crippen LogP contribution in [0.4, 0.5) is 0 Å². The third kappa shape index (κ3) is 9.14. The average Bonchev–Trinajstić information content (AvgIpc) is 3.49. The lowest BCUT2D eigenvalue weighted by Crippen LogP contribution is -2.36. The van der Waals surface area contributed by atoms with Crippen LogP contribution in [-0.4, -0.2) is 97.4 Å². The molecule has 4 aromatic rings. The molecule has 4 N–H and O–H groups in total. The van der Waals surface area contributed by atoms with E-state index in [-0.39, 0.29) is 36.8 Å². The lowest BCUT2D eigenvalue weighted by molar-refractivity contribution is -0.124. The van der Waals surface area contributed by atoms with Gasteiger partial charge in [0.05, 0.1) is 14.2 Å². The normalized spacial score (nSPS) is 11.2. The molecule has 4 rings (SSSR count). The number of aliphatic hydroxyl groups is 2. The topological polar surface area (TPSA) is 225 Å². The first-order chi connectivity index (χ1) is 20.9. The number of hydrogen-bond acceptors (Lipinski definition) is 14. The molecule has 3 aromatic heterocycles. The highest BCUT2D eigenvalue weighted by Crippen LogP contribution is 2.30. The number of aromatic nitrogens is 6. The van der Waals surface area contributed by atoms with Gasteiger partial charge in [0.25, 0.3) is 5.89 Å². The Hall–Kier alpha value is -5.22. The minimum Gasteiger partial charge on any atom is -0.490 e. The van der Waals surface area contributed by atoms with Crippen molar-refractivity contribution < 1.29 is 43.6 Å². The predicted octanol–water partition coefficient (Wildman–Crippen LogP) is 1.47. The van der Waals surface area contributed by atoms with E-state index >= 15 is 0 Å². The summed E-state index contributed by atoms with van der Waals surface area (Å²) in [5.41, 5.74) is 4.05. The lowest BCUT2D eigenvalue weighted by atomic mass is 10.1. The van der Waals surface area contributed by atoms with Gasteiger partial charge in [-0.1, -0.05) is 5.16 Å². The Bertz CT molecular complexity index is 1590. The van der Waals surface area contributed by atoms with E-state index in [9.17, 15) is 14.7 Å². The van der Waals surface area contributed by atoms with Gasteiger partial charge >= 0.3 is 18.0 Å². The number of aryl methyl sites for hydroxylation is 4. The molecule has 3 heterocycles. The van der Waals surface area contributed by atoms with E-state index in [1.54, 1.807) is 13.0 Å². The third-order valence-electron chi connectivity index (χ3n) is 5.71. The summed E-state index contributed by atoms with van der Waals surface area (Å²) in [5.74, 6) is -0.400. The van der Waals surface area contributed by atoms with E-state index in [0.29, 0.717) is 28.7 Å². The van der Waals surface area contributed by atoms with E-state index in [1.807, 2.05) is 32.9 Å². The molecule has 16 nitrogen and oxygen atoms in total. The maximum atomic E-state index is 11.1. The number of carboxylic acids is 1. The van der Waals surface area contributed by atoms with Crippen molar-refractivity contribution >= 4 is 11.9 Å². The maximum Gasteiger partial charge on any atom is 0.354 e. The van der Waals surface area contributed by atoms with Gasteiger partial charge in [-0.05, 0) is 63.1 Å². The molecular formula is C28H33N7O9. The van der Waals surface area contributed by atoms with Crippen LogP contribution in [-0.2, 0) is 4.79 Å². The summed E-state index contributed by atoms with van der Waals surface area (Å²) >= 11 is 0. The molecular weight excluding hydrogens is 578 g/mol.